The van der Waals surface area contributed by atoms with E-state index in [1.54, 1.807) is 10.9 Å². The number of alkyl halides is 1. The first-order valence-electron chi connectivity index (χ1n) is 5.54. The van der Waals surface area contributed by atoms with Crippen molar-refractivity contribution in [1.82, 2.24) is 9.78 Å². The fraction of sp³-hybridized carbons (Fsp3) is 0.727. The number of nitrogens with zero attached hydrogens (tertiary/aromatic N) is 2. The Kier molecular flexibility index (Phi) is 4.27. The molecule has 1 heterocycles. The molecule has 0 aliphatic heterocycles. The maximum Gasteiger partial charge on any atom is 0.127 e. The molecule has 0 saturated carbocycles. The van der Waals surface area contributed by atoms with Crippen LogP contribution in [0.15, 0.2) is 12.4 Å². The van der Waals surface area contributed by atoms with E-state index in [1.807, 2.05) is 20.0 Å². The Labute approximate surface area is 90.5 Å². The molecule has 3 nitrogen and oxygen atoms in total. The second kappa shape index (κ2) is 5.26. The molecule has 86 valence electrons. The molecule has 0 aromatic carbocycles. The Morgan fingerprint density at radius 1 is 1.53 bits per heavy atom. The van der Waals surface area contributed by atoms with E-state index in [9.17, 15) is 4.39 Å². The van der Waals surface area contributed by atoms with Crippen LogP contribution in [0.25, 0.3) is 0 Å². The van der Waals surface area contributed by atoms with Gasteiger partial charge in [0.25, 0.3) is 0 Å². The highest BCUT2D eigenvalue weighted by Crippen LogP contribution is 2.22. The van der Waals surface area contributed by atoms with E-state index in [1.165, 1.54) is 0 Å². The first-order chi connectivity index (χ1) is 7.13. The normalized spacial score (nSPS) is 15.2. The Hall–Kier alpha value is -0.900. The highest BCUT2D eigenvalue weighted by Gasteiger charge is 2.27. The SMILES string of the molecule is CCCC(F)(CN)Cc1cnn(CC)c1. The molecule has 15 heavy (non-hydrogen) atoms. The van der Waals surface area contributed by atoms with Gasteiger partial charge in [-0.3, -0.25) is 4.68 Å². The molecule has 0 spiro atoms. The third-order valence-corrected chi connectivity index (χ3v) is 2.60. The van der Waals surface area contributed by atoms with Crippen molar-refractivity contribution in [2.75, 3.05) is 6.54 Å². The van der Waals surface area contributed by atoms with Crippen molar-refractivity contribution in [3.8, 4) is 0 Å². The minimum absolute atomic E-state index is 0.0815. The fourth-order valence-electron chi connectivity index (χ4n) is 1.75. The molecule has 1 rings (SSSR count). The van der Waals surface area contributed by atoms with E-state index in [0.29, 0.717) is 12.8 Å². The minimum Gasteiger partial charge on any atom is -0.328 e. The van der Waals surface area contributed by atoms with Crippen LogP contribution >= 0.6 is 0 Å². The van der Waals surface area contributed by atoms with Gasteiger partial charge in [-0.15, -0.1) is 0 Å². The molecule has 1 aromatic heterocycles. The lowest BCUT2D eigenvalue weighted by Gasteiger charge is -2.22. The van der Waals surface area contributed by atoms with Crippen LogP contribution in [0, 0.1) is 0 Å². The summed E-state index contributed by atoms with van der Waals surface area (Å²) in [4.78, 5) is 0. The molecule has 0 saturated heterocycles. The molecule has 1 unspecified atom stereocenters. The zero-order chi connectivity index (χ0) is 11.3. The van der Waals surface area contributed by atoms with Crippen molar-refractivity contribution in [2.24, 2.45) is 5.73 Å². The van der Waals surface area contributed by atoms with Crippen LogP contribution in [-0.2, 0) is 13.0 Å². The predicted molar refractivity (Wildman–Crippen MR) is 59.4 cm³/mol. The standard InChI is InChI=1S/C11H20FN3/c1-3-5-11(12,9-13)6-10-7-14-15(4-2)8-10/h7-8H,3-6,9,13H2,1-2H3. The molecule has 0 radical (unpaired) electrons. The van der Waals surface area contributed by atoms with Gasteiger partial charge in [-0.2, -0.15) is 5.10 Å². The van der Waals surface area contributed by atoms with E-state index in [0.717, 1.165) is 18.5 Å². The number of aryl methyl sites for hydroxylation is 1. The maximum absolute atomic E-state index is 14.2. The van der Waals surface area contributed by atoms with E-state index < -0.39 is 5.67 Å². The van der Waals surface area contributed by atoms with Crippen molar-refractivity contribution < 1.29 is 4.39 Å². The Bertz CT molecular complexity index is 298. The number of hydrogen-bond donors (Lipinski definition) is 1. The second-order valence-corrected chi connectivity index (χ2v) is 3.99. The van der Waals surface area contributed by atoms with Crippen LogP contribution < -0.4 is 5.73 Å². The summed E-state index contributed by atoms with van der Waals surface area (Å²) in [5.41, 5.74) is 5.14. The van der Waals surface area contributed by atoms with Gasteiger partial charge in [0.15, 0.2) is 0 Å². The predicted octanol–water partition coefficient (Wildman–Crippen LogP) is 1.91. The number of hydrogen-bond acceptors (Lipinski definition) is 2. The molecule has 1 aromatic rings. The molecular formula is C11H20FN3. The zero-order valence-electron chi connectivity index (χ0n) is 9.54. The van der Waals surface area contributed by atoms with Gasteiger partial charge in [0.05, 0.1) is 6.20 Å². The Morgan fingerprint density at radius 2 is 2.27 bits per heavy atom. The lowest BCUT2D eigenvalue weighted by molar-refractivity contribution is 0.158. The minimum atomic E-state index is -1.27. The molecule has 0 aliphatic carbocycles. The molecule has 0 amide bonds. The highest BCUT2D eigenvalue weighted by atomic mass is 19.1. The average Bonchev–Trinajstić information content (AvgIpc) is 2.66. The monoisotopic (exact) mass is 213 g/mol. The van der Waals surface area contributed by atoms with Crippen molar-refractivity contribution in [1.29, 1.82) is 0 Å². The lowest BCUT2D eigenvalue weighted by Crippen LogP contribution is -2.35. The van der Waals surface area contributed by atoms with Crippen molar-refractivity contribution in [2.45, 2.75) is 45.3 Å². The average molecular weight is 213 g/mol. The van der Waals surface area contributed by atoms with E-state index >= 15 is 0 Å². The molecule has 0 bridgehead atoms. The first kappa shape index (κ1) is 12.2. The maximum atomic E-state index is 14.2. The van der Waals surface area contributed by atoms with Gasteiger partial charge in [-0.1, -0.05) is 13.3 Å². The van der Waals surface area contributed by atoms with E-state index in [-0.39, 0.29) is 6.54 Å². The largest absolute Gasteiger partial charge is 0.328 e. The number of halogens is 1. The Morgan fingerprint density at radius 3 is 2.73 bits per heavy atom. The van der Waals surface area contributed by atoms with Crippen molar-refractivity contribution in [3.63, 3.8) is 0 Å². The van der Waals surface area contributed by atoms with Gasteiger partial charge in [0.1, 0.15) is 5.67 Å². The van der Waals surface area contributed by atoms with Crippen molar-refractivity contribution in [3.05, 3.63) is 18.0 Å². The van der Waals surface area contributed by atoms with Crippen LogP contribution in [0.4, 0.5) is 4.39 Å². The zero-order valence-corrected chi connectivity index (χ0v) is 9.54. The Balaban J connectivity index is 2.65. The molecular weight excluding hydrogens is 193 g/mol. The third-order valence-electron chi connectivity index (χ3n) is 2.60. The molecule has 1 atom stereocenters. The third kappa shape index (κ3) is 3.30. The highest BCUT2D eigenvalue weighted by molar-refractivity contribution is 5.08. The van der Waals surface area contributed by atoms with Gasteiger partial charge in [0.2, 0.25) is 0 Å². The number of rotatable bonds is 6. The first-order valence-corrected chi connectivity index (χ1v) is 5.54. The summed E-state index contributed by atoms with van der Waals surface area (Å²) >= 11 is 0. The van der Waals surface area contributed by atoms with Crippen LogP contribution in [0.5, 0.6) is 0 Å². The number of nitrogens with two attached hydrogens (primary N) is 1. The summed E-state index contributed by atoms with van der Waals surface area (Å²) in [7, 11) is 0. The van der Waals surface area contributed by atoms with Gasteiger partial charge in [0, 0.05) is 25.7 Å². The van der Waals surface area contributed by atoms with Crippen LogP contribution in [-0.4, -0.2) is 22.0 Å². The van der Waals surface area contributed by atoms with Gasteiger partial charge >= 0.3 is 0 Å². The van der Waals surface area contributed by atoms with Gasteiger partial charge in [-0.25, -0.2) is 4.39 Å². The topological polar surface area (TPSA) is 43.8 Å². The summed E-state index contributed by atoms with van der Waals surface area (Å²) in [6.45, 7) is 4.88. The van der Waals surface area contributed by atoms with Gasteiger partial charge in [-0.05, 0) is 18.9 Å². The van der Waals surface area contributed by atoms with Crippen LogP contribution in [0.1, 0.15) is 32.3 Å². The number of aromatic nitrogens is 2. The molecule has 0 fully saturated rings. The van der Waals surface area contributed by atoms with E-state index in [2.05, 4.69) is 5.10 Å². The van der Waals surface area contributed by atoms with Crippen LogP contribution in [0.3, 0.4) is 0 Å². The lowest BCUT2D eigenvalue weighted by atomic mass is 9.93. The quantitative estimate of drug-likeness (QED) is 0.784. The van der Waals surface area contributed by atoms with Crippen molar-refractivity contribution >= 4 is 0 Å². The summed E-state index contributed by atoms with van der Waals surface area (Å²) < 4.78 is 16.0. The molecule has 0 aliphatic rings. The van der Waals surface area contributed by atoms with E-state index in [4.69, 9.17) is 5.73 Å². The second-order valence-electron chi connectivity index (χ2n) is 3.99. The fourth-order valence-corrected chi connectivity index (χ4v) is 1.75. The molecule has 2 N–H and O–H groups in total. The summed E-state index contributed by atoms with van der Waals surface area (Å²) in [6, 6.07) is 0. The van der Waals surface area contributed by atoms with Crippen LogP contribution in [0.2, 0.25) is 0 Å². The summed E-state index contributed by atoms with van der Waals surface area (Å²) in [6.07, 6.45) is 5.32. The summed E-state index contributed by atoms with van der Waals surface area (Å²) in [5.74, 6) is 0. The summed E-state index contributed by atoms with van der Waals surface area (Å²) in [5, 5.41) is 4.12. The van der Waals surface area contributed by atoms with Gasteiger partial charge < -0.3 is 5.73 Å². The molecule has 4 heteroatoms. The smallest absolute Gasteiger partial charge is 0.127 e.